The van der Waals surface area contributed by atoms with Crippen LogP contribution in [0.2, 0.25) is 0 Å². The number of rotatable bonds is 5. The number of nitrogens with one attached hydrogen (secondary N) is 1. The summed E-state index contributed by atoms with van der Waals surface area (Å²) >= 11 is 0. The molecule has 1 amide bonds. The normalized spacial score (nSPS) is 11.3. The van der Waals surface area contributed by atoms with E-state index in [-0.39, 0.29) is 16.2 Å². The molecule has 0 saturated heterocycles. The Morgan fingerprint density at radius 1 is 0.958 bits per heavy atom. The predicted octanol–water partition coefficient (Wildman–Crippen LogP) is 2.39. The molecule has 24 heavy (non-hydrogen) atoms. The Bertz CT molecular complexity index is 872. The first-order valence-corrected chi connectivity index (χ1v) is 8.61. The first kappa shape index (κ1) is 17.8. The zero-order chi connectivity index (χ0) is 17.9. The second-order valence-corrected chi connectivity index (χ2v) is 7.55. The van der Waals surface area contributed by atoms with Crippen LogP contribution in [-0.2, 0) is 10.0 Å². The summed E-state index contributed by atoms with van der Waals surface area (Å²) < 4.78 is 25.3. The average molecular weight is 346 g/mol. The third-order valence-corrected chi connectivity index (χ3v) is 5.24. The molecule has 0 atom stereocenters. The van der Waals surface area contributed by atoms with E-state index in [0.717, 1.165) is 4.31 Å². The maximum Gasteiger partial charge on any atom is 0.255 e. The lowest BCUT2D eigenvalue weighted by Gasteiger charge is -2.12. The van der Waals surface area contributed by atoms with Crippen LogP contribution in [0, 0.1) is 0 Å². The molecular weight excluding hydrogens is 328 g/mol. The third-order valence-electron chi connectivity index (χ3n) is 3.42. The van der Waals surface area contributed by atoms with Crippen molar-refractivity contribution in [3.05, 3.63) is 59.7 Å². The Kier molecular flexibility index (Phi) is 5.16. The Morgan fingerprint density at radius 3 is 2.12 bits per heavy atom. The van der Waals surface area contributed by atoms with Gasteiger partial charge in [-0.3, -0.25) is 9.59 Å². The van der Waals surface area contributed by atoms with Crippen LogP contribution < -0.4 is 5.32 Å². The molecular formula is C17H18N2O4S. The van der Waals surface area contributed by atoms with Gasteiger partial charge in [-0.05, 0) is 49.4 Å². The van der Waals surface area contributed by atoms with Crippen molar-refractivity contribution in [2.24, 2.45) is 0 Å². The topological polar surface area (TPSA) is 83.5 Å². The fraction of sp³-hybridized carbons (Fsp3) is 0.176. The van der Waals surface area contributed by atoms with Crippen LogP contribution in [0.4, 0.5) is 5.69 Å². The molecule has 6 nitrogen and oxygen atoms in total. The highest BCUT2D eigenvalue weighted by Crippen LogP contribution is 2.17. The van der Waals surface area contributed by atoms with Crippen LogP contribution in [0.15, 0.2) is 53.4 Å². The number of nitrogens with zero attached hydrogens (tertiary/aromatic N) is 1. The average Bonchev–Trinajstić information content (AvgIpc) is 2.55. The van der Waals surface area contributed by atoms with Crippen LogP contribution in [0.3, 0.4) is 0 Å². The second-order valence-electron chi connectivity index (χ2n) is 5.40. The van der Waals surface area contributed by atoms with Gasteiger partial charge in [0.15, 0.2) is 5.78 Å². The molecule has 2 aromatic carbocycles. The van der Waals surface area contributed by atoms with E-state index >= 15 is 0 Å². The van der Waals surface area contributed by atoms with Gasteiger partial charge in [-0.1, -0.05) is 6.07 Å². The Labute approximate surface area is 141 Å². The number of hydrogen-bond donors (Lipinski definition) is 1. The standard InChI is InChI=1S/C17H18N2O4S/c1-12(20)13-7-9-15(10-8-13)18-17(21)14-5-4-6-16(11-14)24(22,23)19(2)3/h4-11H,1-3H3,(H,18,21). The van der Waals surface area contributed by atoms with Crippen molar-refractivity contribution in [3.63, 3.8) is 0 Å². The number of Topliss-reactive ketones (excluding diaryl/α,β-unsaturated/α-hetero) is 1. The summed E-state index contributed by atoms with van der Waals surface area (Å²) in [6.45, 7) is 1.46. The van der Waals surface area contributed by atoms with E-state index in [9.17, 15) is 18.0 Å². The van der Waals surface area contributed by atoms with Gasteiger partial charge in [0, 0.05) is 30.9 Å². The van der Waals surface area contributed by atoms with Gasteiger partial charge in [-0.2, -0.15) is 0 Å². The predicted molar refractivity (Wildman–Crippen MR) is 91.7 cm³/mol. The molecule has 1 N–H and O–H groups in total. The number of carbonyl (C=O) groups is 2. The SMILES string of the molecule is CC(=O)c1ccc(NC(=O)c2cccc(S(=O)(=O)N(C)C)c2)cc1. The van der Waals surface area contributed by atoms with Crippen LogP contribution in [-0.4, -0.2) is 38.5 Å². The Balaban J connectivity index is 2.23. The van der Waals surface area contributed by atoms with Gasteiger partial charge < -0.3 is 5.32 Å². The molecule has 0 unspecified atom stereocenters. The van der Waals surface area contributed by atoms with E-state index in [1.807, 2.05) is 0 Å². The van der Waals surface area contributed by atoms with Gasteiger partial charge in [-0.15, -0.1) is 0 Å². The van der Waals surface area contributed by atoms with Gasteiger partial charge in [-0.25, -0.2) is 12.7 Å². The van der Waals surface area contributed by atoms with E-state index < -0.39 is 15.9 Å². The van der Waals surface area contributed by atoms with E-state index in [1.165, 1.54) is 45.3 Å². The number of benzene rings is 2. The summed E-state index contributed by atoms with van der Waals surface area (Å²) in [5.41, 5.74) is 1.30. The van der Waals surface area contributed by atoms with E-state index in [2.05, 4.69) is 5.32 Å². The smallest absolute Gasteiger partial charge is 0.255 e. The molecule has 0 aromatic heterocycles. The second kappa shape index (κ2) is 6.94. The molecule has 7 heteroatoms. The number of ketones is 1. The highest BCUT2D eigenvalue weighted by molar-refractivity contribution is 7.89. The van der Waals surface area contributed by atoms with E-state index in [1.54, 1.807) is 24.3 Å². The van der Waals surface area contributed by atoms with Crippen molar-refractivity contribution < 1.29 is 18.0 Å². The molecule has 0 saturated carbocycles. The fourth-order valence-electron chi connectivity index (χ4n) is 2.00. The summed E-state index contributed by atoms with van der Waals surface area (Å²) in [5, 5.41) is 2.67. The van der Waals surface area contributed by atoms with Crippen molar-refractivity contribution in [2.45, 2.75) is 11.8 Å². The first-order valence-electron chi connectivity index (χ1n) is 7.17. The van der Waals surface area contributed by atoms with E-state index in [4.69, 9.17) is 0 Å². The Morgan fingerprint density at radius 2 is 1.58 bits per heavy atom. The molecule has 0 spiro atoms. The maximum absolute atomic E-state index is 12.3. The summed E-state index contributed by atoms with van der Waals surface area (Å²) in [6.07, 6.45) is 0. The van der Waals surface area contributed by atoms with Gasteiger partial charge in [0.1, 0.15) is 0 Å². The molecule has 0 bridgehead atoms. The number of amides is 1. The molecule has 0 aliphatic heterocycles. The number of hydrogen-bond acceptors (Lipinski definition) is 4. The number of carbonyl (C=O) groups excluding carboxylic acids is 2. The Hall–Kier alpha value is -2.51. The van der Waals surface area contributed by atoms with Crippen molar-refractivity contribution in [2.75, 3.05) is 19.4 Å². The fourth-order valence-corrected chi connectivity index (χ4v) is 2.95. The minimum atomic E-state index is -3.61. The molecule has 2 aromatic rings. The molecule has 0 aliphatic rings. The van der Waals surface area contributed by atoms with Gasteiger partial charge in [0.25, 0.3) is 5.91 Å². The first-order chi connectivity index (χ1) is 11.2. The lowest BCUT2D eigenvalue weighted by Crippen LogP contribution is -2.22. The summed E-state index contributed by atoms with van der Waals surface area (Å²) in [6, 6.07) is 12.3. The van der Waals surface area contributed by atoms with Crippen LogP contribution in [0.5, 0.6) is 0 Å². The molecule has 126 valence electrons. The third kappa shape index (κ3) is 3.87. The molecule has 0 heterocycles. The van der Waals surface area contributed by atoms with Crippen molar-refractivity contribution in [1.29, 1.82) is 0 Å². The lowest BCUT2D eigenvalue weighted by molar-refractivity contribution is 0.101. The highest BCUT2D eigenvalue weighted by Gasteiger charge is 2.18. The summed E-state index contributed by atoms with van der Waals surface area (Å²) in [7, 11) is -0.747. The zero-order valence-corrected chi connectivity index (χ0v) is 14.4. The van der Waals surface area contributed by atoms with Crippen molar-refractivity contribution in [1.82, 2.24) is 4.31 Å². The zero-order valence-electron chi connectivity index (χ0n) is 13.6. The monoisotopic (exact) mass is 346 g/mol. The van der Waals surface area contributed by atoms with Crippen molar-refractivity contribution in [3.8, 4) is 0 Å². The summed E-state index contributed by atoms with van der Waals surface area (Å²) in [5.74, 6) is -0.490. The van der Waals surface area contributed by atoms with Crippen LogP contribution in [0.1, 0.15) is 27.6 Å². The minimum Gasteiger partial charge on any atom is -0.322 e. The van der Waals surface area contributed by atoms with Gasteiger partial charge in [0.05, 0.1) is 4.90 Å². The summed E-state index contributed by atoms with van der Waals surface area (Å²) in [4.78, 5) is 23.6. The number of sulfonamides is 1. The molecule has 2 rings (SSSR count). The molecule has 0 radical (unpaired) electrons. The molecule has 0 aliphatic carbocycles. The lowest BCUT2D eigenvalue weighted by atomic mass is 10.1. The maximum atomic E-state index is 12.3. The van der Waals surface area contributed by atoms with E-state index in [0.29, 0.717) is 11.3 Å². The highest BCUT2D eigenvalue weighted by atomic mass is 32.2. The quantitative estimate of drug-likeness (QED) is 0.843. The molecule has 0 fully saturated rings. The largest absolute Gasteiger partial charge is 0.322 e. The minimum absolute atomic E-state index is 0.0482. The number of anilines is 1. The van der Waals surface area contributed by atoms with Gasteiger partial charge >= 0.3 is 0 Å². The van der Waals surface area contributed by atoms with Gasteiger partial charge in [0.2, 0.25) is 10.0 Å². The van der Waals surface area contributed by atoms with Crippen molar-refractivity contribution >= 4 is 27.4 Å². The van der Waals surface area contributed by atoms with Crippen LogP contribution in [0.25, 0.3) is 0 Å². The van der Waals surface area contributed by atoms with Crippen LogP contribution >= 0.6 is 0 Å².